The predicted molar refractivity (Wildman–Crippen MR) is 110 cm³/mol. The lowest BCUT2D eigenvalue weighted by Gasteiger charge is -2.21. The fourth-order valence-electron chi connectivity index (χ4n) is 3.86. The molecule has 1 aromatic heterocycles. The molecule has 0 spiro atoms. The highest BCUT2D eigenvalue weighted by Crippen LogP contribution is 2.29. The molecule has 4 atom stereocenters. The molecule has 9 nitrogen and oxygen atoms in total. The number of aromatic carboxylic acids is 1. The smallest absolute Gasteiger partial charge is 0.252 e. The van der Waals surface area contributed by atoms with E-state index in [1.54, 1.807) is 18.3 Å². The zero-order valence-corrected chi connectivity index (χ0v) is 17.6. The van der Waals surface area contributed by atoms with Crippen LogP contribution in [0, 0.1) is 0 Å². The molecule has 3 heterocycles. The second-order valence-electron chi connectivity index (χ2n) is 8.78. The van der Waals surface area contributed by atoms with E-state index in [-0.39, 0.29) is 41.4 Å². The van der Waals surface area contributed by atoms with E-state index in [2.05, 4.69) is 41.4 Å². The van der Waals surface area contributed by atoms with Crippen LogP contribution in [-0.4, -0.2) is 59.3 Å². The number of anilines is 1. The van der Waals surface area contributed by atoms with E-state index in [0.29, 0.717) is 12.6 Å². The Morgan fingerprint density at radius 2 is 1.68 bits per heavy atom. The van der Waals surface area contributed by atoms with Crippen molar-refractivity contribution in [3.63, 3.8) is 0 Å². The summed E-state index contributed by atoms with van der Waals surface area (Å²) in [7, 11) is 0. The third-order valence-corrected chi connectivity index (χ3v) is 5.50. The Morgan fingerprint density at radius 1 is 1.03 bits per heavy atom. The van der Waals surface area contributed by atoms with Gasteiger partial charge in [-0.15, -0.1) is 0 Å². The quantitative estimate of drug-likeness (QED) is 0.710. The number of carboxylic acids is 1. The summed E-state index contributed by atoms with van der Waals surface area (Å²) in [6.07, 6.45) is 1.07. The van der Waals surface area contributed by atoms with Crippen LogP contribution >= 0.6 is 0 Å². The van der Waals surface area contributed by atoms with Crippen LogP contribution in [0.5, 0.6) is 0 Å². The minimum Gasteiger partial charge on any atom is -0.545 e. The minimum absolute atomic E-state index is 0.0472. The van der Waals surface area contributed by atoms with E-state index in [1.807, 2.05) is 6.07 Å². The number of carboxylic acid groups (broad SMARTS) is 1. The number of benzene rings is 1. The van der Waals surface area contributed by atoms with Gasteiger partial charge in [0.25, 0.3) is 5.91 Å². The van der Waals surface area contributed by atoms with Crippen molar-refractivity contribution >= 4 is 17.8 Å². The van der Waals surface area contributed by atoms with Crippen LogP contribution in [0.25, 0.3) is 0 Å². The van der Waals surface area contributed by atoms with E-state index >= 15 is 0 Å². The number of amides is 1. The third kappa shape index (κ3) is 4.38. The summed E-state index contributed by atoms with van der Waals surface area (Å²) in [5.41, 5.74) is 0.712. The van der Waals surface area contributed by atoms with Crippen LogP contribution in [0.3, 0.4) is 0 Å². The van der Waals surface area contributed by atoms with Crippen molar-refractivity contribution in [2.24, 2.45) is 0 Å². The maximum absolute atomic E-state index is 12.7. The van der Waals surface area contributed by atoms with Gasteiger partial charge in [-0.2, -0.15) is 0 Å². The van der Waals surface area contributed by atoms with Gasteiger partial charge in [-0.25, -0.2) is 9.97 Å². The van der Waals surface area contributed by atoms with Crippen molar-refractivity contribution in [2.75, 3.05) is 18.5 Å². The number of rotatable bonds is 5. The Bertz CT molecular complexity index is 990. The molecule has 2 fully saturated rings. The first-order chi connectivity index (χ1) is 14.7. The van der Waals surface area contributed by atoms with E-state index < -0.39 is 17.9 Å². The maximum Gasteiger partial charge on any atom is 0.252 e. The van der Waals surface area contributed by atoms with Gasteiger partial charge in [0.15, 0.2) is 0 Å². The van der Waals surface area contributed by atoms with E-state index in [9.17, 15) is 14.7 Å². The van der Waals surface area contributed by atoms with E-state index in [0.717, 1.165) is 5.69 Å². The largest absolute Gasteiger partial charge is 0.545 e. The topological polar surface area (TPSA) is 126 Å². The fourth-order valence-corrected chi connectivity index (χ4v) is 3.86. The van der Waals surface area contributed by atoms with Crippen molar-refractivity contribution in [2.45, 2.75) is 50.5 Å². The Kier molecular flexibility index (Phi) is 5.63. The Balaban J connectivity index is 1.42. The Hall–Kier alpha value is -3.04. The molecule has 2 saturated heterocycles. The molecule has 2 aliphatic heterocycles. The summed E-state index contributed by atoms with van der Waals surface area (Å²) in [6.45, 7) is 6.88. The van der Waals surface area contributed by atoms with Gasteiger partial charge in [-0.05, 0) is 12.1 Å². The summed E-state index contributed by atoms with van der Waals surface area (Å²) in [4.78, 5) is 32.8. The van der Waals surface area contributed by atoms with Crippen molar-refractivity contribution < 1.29 is 24.2 Å². The number of ether oxygens (including phenoxy) is 2. The molecule has 164 valence electrons. The number of carbonyl (C=O) groups is 2. The Morgan fingerprint density at radius 3 is 2.35 bits per heavy atom. The summed E-state index contributed by atoms with van der Waals surface area (Å²) >= 11 is 0. The first-order valence-electron chi connectivity index (χ1n) is 10.2. The molecule has 1 amide bonds. The molecule has 1 aromatic carbocycles. The molecule has 0 saturated carbocycles. The number of hydrogen-bond acceptors (Lipinski definition) is 8. The van der Waals surface area contributed by atoms with Crippen LogP contribution < -0.4 is 15.7 Å². The van der Waals surface area contributed by atoms with Crippen LogP contribution in [0.2, 0.25) is 0 Å². The van der Waals surface area contributed by atoms with Crippen molar-refractivity contribution in [3.05, 3.63) is 53.3 Å². The van der Waals surface area contributed by atoms with E-state index in [4.69, 9.17) is 9.47 Å². The molecule has 0 bridgehead atoms. The summed E-state index contributed by atoms with van der Waals surface area (Å²) in [6, 6.07) is 7.26. The van der Waals surface area contributed by atoms with Gasteiger partial charge < -0.3 is 30.0 Å². The van der Waals surface area contributed by atoms with Gasteiger partial charge in [-0.3, -0.25) is 4.79 Å². The molecule has 2 aliphatic rings. The lowest BCUT2D eigenvalue weighted by atomic mass is 9.92. The predicted octanol–water partition coefficient (Wildman–Crippen LogP) is 0.514. The molecular formula is C22H25N4O5-. The second-order valence-corrected chi connectivity index (χ2v) is 8.78. The molecular weight excluding hydrogens is 400 g/mol. The van der Waals surface area contributed by atoms with Gasteiger partial charge in [0.1, 0.15) is 12.2 Å². The molecule has 9 heteroatoms. The first kappa shape index (κ1) is 21.2. The lowest BCUT2D eigenvalue weighted by Crippen LogP contribution is -2.45. The van der Waals surface area contributed by atoms with Crippen molar-refractivity contribution in [1.82, 2.24) is 15.3 Å². The van der Waals surface area contributed by atoms with Crippen molar-refractivity contribution in [3.8, 4) is 0 Å². The zero-order chi connectivity index (χ0) is 22.2. The zero-order valence-electron chi connectivity index (χ0n) is 17.6. The first-order valence-corrected chi connectivity index (χ1v) is 10.2. The van der Waals surface area contributed by atoms with Crippen molar-refractivity contribution in [1.29, 1.82) is 0 Å². The van der Waals surface area contributed by atoms with Crippen LogP contribution in [0.4, 0.5) is 5.95 Å². The van der Waals surface area contributed by atoms with Gasteiger partial charge in [0.2, 0.25) is 5.95 Å². The summed E-state index contributed by atoms with van der Waals surface area (Å²) in [5, 5.41) is 17.4. The van der Waals surface area contributed by atoms with E-state index in [1.165, 1.54) is 12.1 Å². The highest BCUT2D eigenvalue weighted by atomic mass is 16.6. The molecule has 31 heavy (non-hydrogen) atoms. The molecule has 2 N–H and O–H groups in total. The second kappa shape index (κ2) is 8.24. The monoisotopic (exact) mass is 425 g/mol. The van der Waals surface area contributed by atoms with Crippen LogP contribution in [-0.2, 0) is 14.9 Å². The van der Waals surface area contributed by atoms with Crippen LogP contribution in [0.1, 0.15) is 47.2 Å². The summed E-state index contributed by atoms with van der Waals surface area (Å²) < 4.78 is 11.8. The molecule has 2 aromatic rings. The number of nitrogens with zero attached hydrogens (tertiary/aromatic N) is 2. The molecule has 0 radical (unpaired) electrons. The van der Waals surface area contributed by atoms with Crippen LogP contribution in [0.15, 0.2) is 36.5 Å². The third-order valence-electron chi connectivity index (χ3n) is 5.50. The van der Waals surface area contributed by atoms with Gasteiger partial charge in [0.05, 0.1) is 37.0 Å². The average molecular weight is 425 g/mol. The number of fused-ring (bicyclic) bond motifs is 1. The highest BCUT2D eigenvalue weighted by Gasteiger charge is 2.48. The number of nitrogens with one attached hydrogen (secondary N) is 2. The standard InChI is InChI=1S/C22H26N4O5/c1-22(2,3)16-8-9-23-21(26-16)25-15-11-31-17-14(10-30-18(15)17)24-19(27)12-6-4-5-7-13(12)20(28)29/h4-9,14-15,17-18H,10-11H2,1-3H3,(H,24,27)(H,28,29)(H,23,25,26)/p-1/t14-,15-,17+,18+/m0/s1. The fraction of sp³-hybridized carbons (Fsp3) is 0.455. The number of hydrogen-bond donors (Lipinski definition) is 2. The minimum atomic E-state index is -1.40. The maximum atomic E-state index is 12.7. The molecule has 4 rings (SSSR count). The number of carbonyl (C=O) groups excluding carboxylic acids is 2. The molecule has 0 unspecified atom stereocenters. The van der Waals surface area contributed by atoms with Gasteiger partial charge in [-0.1, -0.05) is 39.0 Å². The molecule has 0 aliphatic carbocycles. The number of aromatic nitrogens is 2. The van der Waals surface area contributed by atoms with Gasteiger partial charge >= 0.3 is 0 Å². The highest BCUT2D eigenvalue weighted by molar-refractivity contribution is 6.04. The average Bonchev–Trinajstić information content (AvgIpc) is 3.31. The normalized spacial score (nSPS) is 25.1. The SMILES string of the molecule is CC(C)(C)c1ccnc(N[C@H]2CO[C@H]3[C@@H]2OC[C@@H]3NC(=O)c2ccccc2C(=O)[O-])n1. The summed E-state index contributed by atoms with van der Waals surface area (Å²) in [5.74, 6) is -1.40. The van der Waals surface area contributed by atoms with Gasteiger partial charge in [0, 0.05) is 22.7 Å². The lowest BCUT2D eigenvalue weighted by molar-refractivity contribution is -0.255. The Labute approximate surface area is 180 Å².